The Morgan fingerprint density at radius 3 is 2.63 bits per heavy atom. The third kappa shape index (κ3) is 2.71. The molecule has 1 unspecified atom stereocenters. The van der Waals surface area contributed by atoms with E-state index < -0.39 is 0 Å². The quantitative estimate of drug-likeness (QED) is 0.804. The second kappa shape index (κ2) is 5.57. The van der Waals surface area contributed by atoms with E-state index >= 15 is 0 Å². The van der Waals surface area contributed by atoms with Crippen LogP contribution in [0.2, 0.25) is 0 Å². The van der Waals surface area contributed by atoms with Crippen molar-refractivity contribution in [1.29, 1.82) is 0 Å². The van der Waals surface area contributed by atoms with Gasteiger partial charge in [-0.3, -0.25) is 0 Å². The van der Waals surface area contributed by atoms with Crippen molar-refractivity contribution in [2.45, 2.75) is 18.2 Å². The Morgan fingerprint density at radius 1 is 1.11 bits per heavy atom. The number of alkyl halides is 1. The minimum absolute atomic E-state index is 0.417. The number of nitrogens with zero attached hydrogens (tertiary/aromatic N) is 3. The largest absolute Gasteiger partial charge is 0.354 e. The molecule has 98 valence electrons. The maximum Gasteiger partial charge on any atom is 0.151 e. The molecule has 0 amide bonds. The van der Waals surface area contributed by atoms with Crippen LogP contribution in [0.1, 0.15) is 23.6 Å². The Labute approximate surface area is 118 Å². The number of halogens is 1. The lowest BCUT2D eigenvalue weighted by Gasteiger charge is -2.17. The molecule has 1 fully saturated rings. The number of anilines is 1. The van der Waals surface area contributed by atoms with Crippen LogP contribution >= 0.6 is 11.6 Å². The van der Waals surface area contributed by atoms with Crippen molar-refractivity contribution < 1.29 is 0 Å². The summed E-state index contributed by atoms with van der Waals surface area (Å²) in [5.41, 5.74) is 2.24. The smallest absolute Gasteiger partial charge is 0.151 e. The monoisotopic (exact) mass is 273 g/mol. The van der Waals surface area contributed by atoms with Crippen molar-refractivity contribution in [2.75, 3.05) is 18.0 Å². The van der Waals surface area contributed by atoms with Gasteiger partial charge in [0.25, 0.3) is 0 Å². The van der Waals surface area contributed by atoms with E-state index in [-0.39, 0.29) is 0 Å². The van der Waals surface area contributed by atoms with Crippen LogP contribution in [0.3, 0.4) is 0 Å². The Kier molecular flexibility index (Phi) is 3.65. The van der Waals surface area contributed by atoms with Crippen molar-refractivity contribution in [3.8, 4) is 0 Å². The van der Waals surface area contributed by atoms with Gasteiger partial charge in [0.15, 0.2) is 5.82 Å². The second-order valence-corrected chi connectivity index (χ2v) is 5.13. The SMILES string of the molecule is ClCc1ccc(N2CCC(c3ccccc3)C2)nn1. The van der Waals surface area contributed by atoms with E-state index in [2.05, 4.69) is 45.4 Å². The summed E-state index contributed by atoms with van der Waals surface area (Å²) >= 11 is 5.73. The molecule has 0 spiro atoms. The van der Waals surface area contributed by atoms with E-state index in [4.69, 9.17) is 11.6 Å². The van der Waals surface area contributed by atoms with Gasteiger partial charge in [-0.05, 0) is 24.1 Å². The third-order valence-corrected chi connectivity index (χ3v) is 3.90. The lowest BCUT2D eigenvalue weighted by atomic mass is 9.99. The van der Waals surface area contributed by atoms with Crippen LogP contribution in [0.5, 0.6) is 0 Å². The van der Waals surface area contributed by atoms with Crippen LogP contribution in [-0.2, 0) is 5.88 Å². The van der Waals surface area contributed by atoms with Crippen LogP contribution < -0.4 is 4.90 Å². The summed E-state index contributed by atoms with van der Waals surface area (Å²) < 4.78 is 0. The van der Waals surface area contributed by atoms with Crippen LogP contribution in [0.25, 0.3) is 0 Å². The van der Waals surface area contributed by atoms with Gasteiger partial charge >= 0.3 is 0 Å². The summed E-state index contributed by atoms with van der Waals surface area (Å²) in [4.78, 5) is 2.29. The lowest BCUT2D eigenvalue weighted by Crippen LogP contribution is -2.20. The van der Waals surface area contributed by atoms with Gasteiger partial charge in [0.1, 0.15) is 0 Å². The predicted octanol–water partition coefficient (Wildman–Crippen LogP) is 3.21. The first kappa shape index (κ1) is 12.4. The molecular weight excluding hydrogens is 258 g/mol. The van der Waals surface area contributed by atoms with Gasteiger partial charge in [-0.25, -0.2) is 0 Å². The van der Waals surface area contributed by atoms with E-state index in [1.54, 1.807) is 0 Å². The molecule has 1 aromatic carbocycles. The highest BCUT2D eigenvalue weighted by Gasteiger charge is 2.24. The van der Waals surface area contributed by atoms with Crippen molar-refractivity contribution in [1.82, 2.24) is 10.2 Å². The Hall–Kier alpha value is -1.61. The highest BCUT2D eigenvalue weighted by atomic mass is 35.5. The first-order valence-electron chi connectivity index (χ1n) is 6.55. The molecule has 0 radical (unpaired) electrons. The summed E-state index contributed by atoms with van der Waals surface area (Å²) in [5.74, 6) is 1.96. The lowest BCUT2D eigenvalue weighted by molar-refractivity contribution is 0.773. The van der Waals surface area contributed by atoms with E-state index in [1.165, 1.54) is 12.0 Å². The molecule has 1 aromatic heterocycles. The average molecular weight is 274 g/mol. The molecule has 0 aliphatic carbocycles. The molecule has 19 heavy (non-hydrogen) atoms. The minimum atomic E-state index is 0.417. The summed E-state index contributed by atoms with van der Waals surface area (Å²) in [6.45, 7) is 2.05. The van der Waals surface area contributed by atoms with Crippen molar-refractivity contribution in [3.05, 3.63) is 53.7 Å². The van der Waals surface area contributed by atoms with Crippen LogP contribution in [-0.4, -0.2) is 23.3 Å². The zero-order valence-electron chi connectivity index (χ0n) is 10.7. The predicted molar refractivity (Wildman–Crippen MR) is 77.6 cm³/mol. The maximum absolute atomic E-state index is 5.73. The zero-order chi connectivity index (χ0) is 13.1. The molecule has 1 saturated heterocycles. The number of benzene rings is 1. The fourth-order valence-electron chi connectivity index (χ4n) is 2.56. The van der Waals surface area contributed by atoms with E-state index in [0.29, 0.717) is 11.8 Å². The van der Waals surface area contributed by atoms with Gasteiger partial charge in [0.2, 0.25) is 0 Å². The molecule has 1 aliphatic rings. The Bertz CT molecular complexity index is 527. The topological polar surface area (TPSA) is 29.0 Å². The minimum Gasteiger partial charge on any atom is -0.354 e. The summed E-state index contributed by atoms with van der Waals surface area (Å²) in [5, 5.41) is 8.37. The molecule has 2 aromatic rings. The molecule has 4 heteroatoms. The highest BCUT2D eigenvalue weighted by molar-refractivity contribution is 6.16. The standard InChI is InChI=1S/C15H16ClN3/c16-10-14-6-7-15(18-17-14)19-9-8-13(11-19)12-4-2-1-3-5-12/h1-7,13H,8-11H2. The first-order valence-corrected chi connectivity index (χ1v) is 7.09. The number of aromatic nitrogens is 2. The highest BCUT2D eigenvalue weighted by Crippen LogP contribution is 2.29. The van der Waals surface area contributed by atoms with Crippen LogP contribution in [0, 0.1) is 0 Å². The Morgan fingerprint density at radius 2 is 1.95 bits per heavy atom. The van der Waals surface area contributed by atoms with Crippen molar-refractivity contribution in [2.24, 2.45) is 0 Å². The average Bonchev–Trinajstić information content (AvgIpc) is 2.98. The molecule has 1 atom stereocenters. The molecule has 0 N–H and O–H groups in total. The molecule has 1 aliphatic heterocycles. The van der Waals surface area contributed by atoms with E-state index in [0.717, 1.165) is 24.6 Å². The fraction of sp³-hybridized carbons (Fsp3) is 0.333. The molecule has 3 nitrogen and oxygen atoms in total. The van der Waals surface area contributed by atoms with E-state index in [9.17, 15) is 0 Å². The first-order chi connectivity index (χ1) is 9.36. The second-order valence-electron chi connectivity index (χ2n) is 4.86. The third-order valence-electron chi connectivity index (χ3n) is 3.63. The van der Waals surface area contributed by atoms with Crippen molar-refractivity contribution >= 4 is 17.4 Å². The van der Waals surface area contributed by atoms with Crippen LogP contribution in [0.4, 0.5) is 5.82 Å². The van der Waals surface area contributed by atoms with Gasteiger partial charge in [0.05, 0.1) is 11.6 Å². The van der Waals surface area contributed by atoms with Gasteiger partial charge in [-0.2, -0.15) is 5.10 Å². The number of rotatable bonds is 3. The Balaban J connectivity index is 1.71. The normalized spacial score (nSPS) is 18.8. The molecule has 0 saturated carbocycles. The molecule has 0 bridgehead atoms. The van der Waals surface area contributed by atoms with Gasteiger partial charge < -0.3 is 4.90 Å². The van der Waals surface area contributed by atoms with Gasteiger partial charge in [-0.15, -0.1) is 16.7 Å². The van der Waals surface area contributed by atoms with Crippen LogP contribution in [0.15, 0.2) is 42.5 Å². The maximum atomic E-state index is 5.73. The number of hydrogen-bond donors (Lipinski definition) is 0. The fourth-order valence-corrected chi connectivity index (χ4v) is 2.70. The zero-order valence-corrected chi connectivity index (χ0v) is 11.4. The molecule has 2 heterocycles. The number of hydrogen-bond acceptors (Lipinski definition) is 3. The summed E-state index contributed by atoms with van der Waals surface area (Å²) in [7, 11) is 0. The van der Waals surface area contributed by atoms with Crippen molar-refractivity contribution in [3.63, 3.8) is 0 Å². The van der Waals surface area contributed by atoms with Gasteiger partial charge in [0, 0.05) is 19.0 Å². The summed E-state index contributed by atoms with van der Waals surface area (Å²) in [6.07, 6.45) is 1.17. The molecule has 3 rings (SSSR count). The van der Waals surface area contributed by atoms with Gasteiger partial charge in [-0.1, -0.05) is 30.3 Å². The molecular formula is C15H16ClN3. The van der Waals surface area contributed by atoms with E-state index in [1.807, 2.05) is 12.1 Å². The summed E-state index contributed by atoms with van der Waals surface area (Å²) in [6, 6.07) is 14.6.